The van der Waals surface area contributed by atoms with Crippen LogP contribution in [0.1, 0.15) is 35.2 Å². The first kappa shape index (κ1) is 24.3. The van der Waals surface area contributed by atoms with Gasteiger partial charge in [-0.1, -0.05) is 47.5 Å². The number of benzene rings is 3. The fourth-order valence-electron chi connectivity index (χ4n) is 3.62. The summed E-state index contributed by atoms with van der Waals surface area (Å²) in [6, 6.07) is 19.2. The van der Waals surface area contributed by atoms with E-state index in [9.17, 15) is 13.2 Å². The summed E-state index contributed by atoms with van der Waals surface area (Å²) in [4.78, 5) is 13.1. The standard InChI is InChI=1S/C26H30N2O4S/c1-18-6-13-24(14-7-18)33(30,31)28(25-15-8-19(2)16-20(25)3)17-26(29)27-21(4)22-9-11-23(32-5)12-10-22/h6-16,21H,17H2,1-5H3,(H,27,29)/t21-/m0/s1. The zero-order chi connectivity index (χ0) is 24.2. The maximum atomic E-state index is 13.6. The summed E-state index contributed by atoms with van der Waals surface area (Å²) in [6.45, 7) is 7.21. The Morgan fingerprint density at radius 3 is 2.12 bits per heavy atom. The number of hydrogen-bond acceptors (Lipinski definition) is 4. The van der Waals surface area contributed by atoms with Crippen LogP contribution in [0, 0.1) is 20.8 Å². The summed E-state index contributed by atoms with van der Waals surface area (Å²) in [5, 5.41) is 2.91. The molecular weight excluding hydrogens is 436 g/mol. The van der Waals surface area contributed by atoms with Gasteiger partial charge in [0.05, 0.1) is 23.7 Å². The quantitative estimate of drug-likeness (QED) is 0.522. The van der Waals surface area contributed by atoms with Crippen LogP contribution in [-0.4, -0.2) is 28.0 Å². The molecule has 6 nitrogen and oxygen atoms in total. The van der Waals surface area contributed by atoms with Crippen LogP contribution in [0.2, 0.25) is 0 Å². The van der Waals surface area contributed by atoms with Crippen molar-refractivity contribution in [3.63, 3.8) is 0 Å². The molecule has 0 bridgehead atoms. The number of nitrogens with zero attached hydrogens (tertiary/aromatic N) is 1. The third-order valence-electron chi connectivity index (χ3n) is 5.51. The molecule has 0 aliphatic rings. The number of ether oxygens (including phenoxy) is 1. The molecule has 3 aromatic carbocycles. The summed E-state index contributed by atoms with van der Waals surface area (Å²) in [5.74, 6) is 0.330. The molecule has 1 atom stereocenters. The fourth-order valence-corrected chi connectivity index (χ4v) is 5.10. The highest BCUT2D eigenvalue weighted by Gasteiger charge is 2.28. The van der Waals surface area contributed by atoms with Gasteiger partial charge in [0.25, 0.3) is 10.0 Å². The summed E-state index contributed by atoms with van der Waals surface area (Å²) >= 11 is 0. The summed E-state index contributed by atoms with van der Waals surface area (Å²) in [5.41, 5.74) is 4.12. The first-order valence-electron chi connectivity index (χ1n) is 10.7. The number of carbonyl (C=O) groups is 1. The second kappa shape index (κ2) is 10.1. The van der Waals surface area contributed by atoms with E-state index in [2.05, 4.69) is 5.32 Å². The Labute approximate surface area is 196 Å². The van der Waals surface area contributed by atoms with E-state index >= 15 is 0 Å². The number of hydrogen-bond donors (Lipinski definition) is 1. The van der Waals surface area contributed by atoms with Gasteiger partial charge in [0.1, 0.15) is 12.3 Å². The van der Waals surface area contributed by atoms with Gasteiger partial charge in [0.2, 0.25) is 5.91 Å². The molecule has 1 amide bonds. The van der Waals surface area contributed by atoms with Gasteiger partial charge in [-0.3, -0.25) is 9.10 Å². The number of amides is 1. The monoisotopic (exact) mass is 466 g/mol. The van der Waals surface area contributed by atoms with Crippen molar-refractivity contribution in [2.45, 2.75) is 38.6 Å². The van der Waals surface area contributed by atoms with Crippen molar-refractivity contribution < 1.29 is 17.9 Å². The molecule has 3 rings (SSSR count). The predicted octanol–water partition coefficient (Wildman–Crippen LogP) is 4.69. The number of aryl methyl sites for hydroxylation is 3. The molecular formula is C26H30N2O4S. The molecule has 0 aliphatic carbocycles. The van der Waals surface area contributed by atoms with Crippen molar-refractivity contribution in [2.24, 2.45) is 0 Å². The lowest BCUT2D eigenvalue weighted by atomic mass is 10.1. The molecule has 33 heavy (non-hydrogen) atoms. The smallest absolute Gasteiger partial charge is 0.264 e. The summed E-state index contributed by atoms with van der Waals surface area (Å²) < 4.78 is 33.5. The summed E-state index contributed by atoms with van der Waals surface area (Å²) in [6.07, 6.45) is 0. The largest absolute Gasteiger partial charge is 0.497 e. The van der Waals surface area contributed by atoms with Crippen molar-refractivity contribution in [1.29, 1.82) is 0 Å². The van der Waals surface area contributed by atoms with Gasteiger partial charge >= 0.3 is 0 Å². The normalized spacial score (nSPS) is 12.2. The van der Waals surface area contributed by atoms with Gasteiger partial charge < -0.3 is 10.1 Å². The van der Waals surface area contributed by atoms with Crippen LogP contribution < -0.4 is 14.4 Å². The first-order valence-corrected chi connectivity index (χ1v) is 12.2. The van der Waals surface area contributed by atoms with Crippen molar-refractivity contribution in [1.82, 2.24) is 5.32 Å². The highest BCUT2D eigenvalue weighted by molar-refractivity contribution is 7.92. The van der Waals surface area contributed by atoms with E-state index < -0.39 is 15.9 Å². The second-order valence-corrected chi connectivity index (χ2v) is 10.0. The van der Waals surface area contributed by atoms with Crippen LogP contribution in [-0.2, 0) is 14.8 Å². The van der Waals surface area contributed by atoms with Crippen molar-refractivity contribution in [3.8, 4) is 5.75 Å². The average molecular weight is 467 g/mol. The second-order valence-electron chi connectivity index (χ2n) is 8.18. The zero-order valence-corrected chi connectivity index (χ0v) is 20.4. The Bertz CT molecular complexity index is 1220. The van der Waals surface area contributed by atoms with Gasteiger partial charge in [-0.15, -0.1) is 0 Å². The molecule has 174 valence electrons. The first-order chi connectivity index (χ1) is 15.6. The topological polar surface area (TPSA) is 75.7 Å². The van der Waals surface area contributed by atoms with Gasteiger partial charge in [0.15, 0.2) is 0 Å². The molecule has 0 spiro atoms. The van der Waals surface area contributed by atoms with Crippen LogP contribution in [0.3, 0.4) is 0 Å². The lowest BCUT2D eigenvalue weighted by Crippen LogP contribution is -2.42. The van der Waals surface area contributed by atoms with Crippen LogP contribution in [0.25, 0.3) is 0 Å². The molecule has 7 heteroatoms. The average Bonchev–Trinajstić information content (AvgIpc) is 2.78. The van der Waals surface area contributed by atoms with E-state index in [1.807, 2.05) is 64.1 Å². The minimum atomic E-state index is -3.95. The molecule has 0 unspecified atom stereocenters. The van der Waals surface area contributed by atoms with Crippen LogP contribution >= 0.6 is 0 Å². The van der Waals surface area contributed by atoms with E-state index in [0.717, 1.165) is 28.0 Å². The highest BCUT2D eigenvalue weighted by Crippen LogP contribution is 2.28. The Morgan fingerprint density at radius 2 is 1.55 bits per heavy atom. The fraction of sp³-hybridized carbons (Fsp3) is 0.269. The SMILES string of the molecule is COc1ccc([C@H](C)NC(=O)CN(c2ccc(C)cc2C)S(=O)(=O)c2ccc(C)cc2)cc1. The number of carbonyl (C=O) groups excluding carboxylic acids is 1. The third kappa shape index (κ3) is 5.73. The van der Waals surface area contributed by atoms with Crippen LogP contribution in [0.4, 0.5) is 5.69 Å². The molecule has 0 saturated heterocycles. The summed E-state index contributed by atoms with van der Waals surface area (Å²) in [7, 11) is -2.36. The molecule has 1 N–H and O–H groups in total. The number of anilines is 1. The Kier molecular flexibility index (Phi) is 7.43. The molecule has 0 saturated carbocycles. The van der Waals surface area contributed by atoms with E-state index in [-0.39, 0.29) is 17.5 Å². The molecule has 3 aromatic rings. The predicted molar refractivity (Wildman–Crippen MR) is 131 cm³/mol. The molecule has 0 fully saturated rings. The lowest BCUT2D eigenvalue weighted by molar-refractivity contribution is -0.120. The maximum Gasteiger partial charge on any atom is 0.264 e. The van der Waals surface area contributed by atoms with Gasteiger partial charge in [-0.05, 0) is 69.2 Å². The Hall–Kier alpha value is -3.32. The van der Waals surface area contributed by atoms with Gasteiger partial charge in [0, 0.05) is 0 Å². The molecule has 0 heterocycles. The number of sulfonamides is 1. The maximum absolute atomic E-state index is 13.6. The van der Waals surface area contributed by atoms with E-state index in [1.54, 1.807) is 37.4 Å². The van der Waals surface area contributed by atoms with E-state index in [4.69, 9.17) is 4.74 Å². The van der Waals surface area contributed by atoms with Crippen LogP contribution in [0.5, 0.6) is 5.75 Å². The van der Waals surface area contributed by atoms with E-state index in [0.29, 0.717) is 5.69 Å². The Morgan fingerprint density at radius 1 is 0.939 bits per heavy atom. The molecule has 0 radical (unpaired) electrons. The van der Waals surface area contributed by atoms with Gasteiger partial charge in [-0.2, -0.15) is 0 Å². The molecule has 0 aromatic heterocycles. The van der Waals surface area contributed by atoms with Crippen molar-refractivity contribution >= 4 is 21.6 Å². The van der Waals surface area contributed by atoms with E-state index in [1.165, 1.54) is 4.31 Å². The van der Waals surface area contributed by atoms with Gasteiger partial charge in [-0.25, -0.2) is 8.42 Å². The number of rotatable bonds is 8. The minimum absolute atomic E-state index is 0.143. The molecule has 0 aliphatic heterocycles. The van der Waals surface area contributed by atoms with Crippen molar-refractivity contribution in [3.05, 3.63) is 89.0 Å². The lowest BCUT2D eigenvalue weighted by Gasteiger charge is -2.26. The Balaban J connectivity index is 1.90. The minimum Gasteiger partial charge on any atom is -0.497 e. The van der Waals surface area contributed by atoms with Crippen molar-refractivity contribution in [2.75, 3.05) is 18.0 Å². The highest BCUT2D eigenvalue weighted by atomic mass is 32.2. The number of nitrogens with one attached hydrogen (secondary N) is 1. The van der Waals surface area contributed by atoms with Crippen LogP contribution in [0.15, 0.2) is 71.6 Å². The zero-order valence-electron chi connectivity index (χ0n) is 19.6. The number of methoxy groups -OCH3 is 1. The third-order valence-corrected chi connectivity index (χ3v) is 7.28.